The van der Waals surface area contributed by atoms with E-state index in [1.54, 1.807) is 6.08 Å². The first-order chi connectivity index (χ1) is 11.7. The average Bonchev–Trinajstić information content (AvgIpc) is 3.06. The van der Waals surface area contributed by atoms with E-state index in [4.69, 9.17) is 0 Å². The molecule has 7 heteroatoms. The summed E-state index contributed by atoms with van der Waals surface area (Å²) < 4.78 is 0.781. The van der Waals surface area contributed by atoms with Crippen LogP contribution in [0.3, 0.4) is 0 Å². The Bertz CT molecular complexity index is 645. The van der Waals surface area contributed by atoms with Gasteiger partial charge >= 0.3 is 0 Å². The van der Waals surface area contributed by atoms with Crippen molar-refractivity contribution in [1.29, 1.82) is 0 Å². The Morgan fingerprint density at radius 1 is 1.38 bits per heavy atom. The number of aromatic nitrogens is 2. The van der Waals surface area contributed by atoms with Crippen molar-refractivity contribution in [2.75, 3.05) is 17.6 Å². The molecule has 0 bridgehead atoms. The molecule has 1 heterocycles. The van der Waals surface area contributed by atoms with Crippen molar-refractivity contribution in [3.63, 3.8) is 0 Å². The lowest BCUT2D eigenvalue weighted by Gasteiger charge is -2.18. The first-order valence-corrected chi connectivity index (χ1v) is 9.68. The highest BCUT2D eigenvalue weighted by Gasteiger charge is 2.14. The number of rotatable bonds is 10. The van der Waals surface area contributed by atoms with Crippen LogP contribution in [0.25, 0.3) is 0 Å². The summed E-state index contributed by atoms with van der Waals surface area (Å²) >= 11 is 2.85. The van der Waals surface area contributed by atoms with Crippen molar-refractivity contribution in [2.24, 2.45) is 0 Å². The molecule has 0 spiro atoms. The smallest absolute Gasteiger partial charge is 0.230 e. The van der Waals surface area contributed by atoms with Crippen LogP contribution in [0, 0.1) is 0 Å². The standard InChI is InChI=1S/C17H22N4OS2/c1-3-8-14(13-9-6-5-7-10-13)19-15(22)12-23-17-21-20-16(24-17)18-11-4-2/h4-7,9-10,14H,2-3,8,11-12H2,1H3,(H,18,20)(H,19,22)/t14-/m1/s1. The topological polar surface area (TPSA) is 66.9 Å². The fourth-order valence-corrected chi connectivity index (χ4v) is 3.73. The lowest BCUT2D eigenvalue weighted by Crippen LogP contribution is -2.29. The first-order valence-electron chi connectivity index (χ1n) is 7.88. The van der Waals surface area contributed by atoms with Crippen LogP contribution in [0.5, 0.6) is 0 Å². The summed E-state index contributed by atoms with van der Waals surface area (Å²) in [7, 11) is 0. The van der Waals surface area contributed by atoms with Gasteiger partial charge in [0.25, 0.3) is 0 Å². The number of thioether (sulfide) groups is 1. The molecule has 2 rings (SSSR count). The number of nitrogens with one attached hydrogen (secondary N) is 2. The summed E-state index contributed by atoms with van der Waals surface area (Å²) in [5.74, 6) is 0.349. The van der Waals surface area contributed by atoms with Gasteiger partial charge in [-0.2, -0.15) is 0 Å². The summed E-state index contributed by atoms with van der Waals surface area (Å²) in [6.45, 7) is 6.41. The minimum atomic E-state index is 0.0121. The van der Waals surface area contributed by atoms with Crippen molar-refractivity contribution >= 4 is 34.1 Å². The van der Waals surface area contributed by atoms with Crippen LogP contribution in [-0.2, 0) is 4.79 Å². The Morgan fingerprint density at radius 3 is 2.88 bits per heavy atom. The van der Waals surface area contributed by atoms with Gasteiger partial charge in [-0.25, -0.2) is 0 Å². The molecule has 0 aliphatic carbocycles. The quantitative estimate of drug-likeness (QED) is 0.496. The molecule has 2 N–H and O–H groups in total. The summed E-state index contributed by atoms with van der Waals surface area (Å²) in [4.78, 5) is 12.2. The third-order valence-electron chi connectivity index (χ3n) is 3.25. The fourth-order valence-electron chi connectivity index (χ4n) is 2.16. The molecule has 1 atom stereocenters. The molecule has 0 aliphatic rings. The molecule has 0 unspecified atom stereocenters. The average molecular weight is 363 g/mol. The number of carbonyl (C=O) groups is 1. The highest BCUT2D eigenvalue weighted by atomic mass is 32.2. The van der Waals surface area contributed by atoms with E-state index in [0.717, 1.165) is 27.9 Å². The Hall–Kier alpha value is -1.86. The Kier molecular flexibility index (Phi) is 7.77. The van der Waals surface area contributed by atoms with E-state index in [0.29, 0.717) is 12.3 Å². The van der Waals surface area contributed by atoms with Crippen molar-refractivity contribution < 1.29 is 4.79 Å². The zero-order valence-corrected chi connectivity index (χ0v) is 15.3. The second kappa shape index (κ2) is 10.1. The van der Waals surface area contributed by atoms with Crippen LogP contribution in [-0.4, -0.2) is 28.4 Å². The van der Waals surface area contributed by atoms with Gasteiger partial charge in [0.2, 0.25) is 11.0 Å². The number of benzene rings is 1. The fraction of sp³-hybridized carbons (Fsp3) is 0.353. The maximum Gasteiger partial charge on any atom is 0.230 e. The second-order valence-corrected chi connectivity index (χ2v) is 7.35. The van der Waals surface area contributed by atoms with E-state index < -0.39 is 0 Å². The molecule has 2 aromatic rings. The number of nitrogens with zero attached hydrogens (tertiary/aromatic N) is 2. The highest BCUT2D eigenvalue weighted by molar-refractivity contribution is 8.01. The molecule has 0 saturated heterocycles. The molecular formula is C17H22N4OS2. The van der Waals surface area contributed by atoms with Gasteiger partial charge in [0, 0.05) is 6.54 Å². The van der Waals surface area contributed by atoms with Crippen LogP contribution in [0.2, 0.25) is 0 Å². The van der Waals surface area contributed by atoms with Gasteiger partial charge in [0.1, 0.15) is 0 Å². The molecule has 0 aliphatic heterocycles. The summed E-state index contributed by atoms with van der Waals surface area (Å²) in [5, 5.41) is 15.0. The van der Waals surface area contributed by atoms with E-state index in [-0.39, 0.29) is 11.9 Å². The lowest BCUT2D eigenvalue weighted by molar-refractivity contribution is -0.119. The minimum Gasteiger partial charge on any atom is -0.357 e. The lowest BCUT2D eigenvalue weighted by atomic mass is 10.0. The molecule has 5 nitrogen and oxygen atoms in total. The Morgan fingerprint density at radius 2 is 2.17 bits per heavy atom. The number of hydrogen-bond donors (Lipinski definition) is 2. The normalized spacial score (nSPS) is 11.7. The number of amides is 1. The van der Waals surface area contributed by atoms with Gasteiger partial charge in [0.15, 0.2) is 4.34 Å². The van der Waals surface area contributed by atoms with Crippen molar-refractivity contribution in [3.8, 4) is 0 Å². The number of anilines is 1. The maximum atomic E-state index is 12.2. The zero-order chi connectivity index (χ0) is 17.2. The molecule has 0 saturated carbocycles. The number of carbonyl (C=O) groups excluding carboxylic acids is 1. The predicted octanol–water partition coefficient (Wildman–Crippen LogP) is 3.89. The minimum absolute atomic E-state index is 0.0121. The predicted molar refractivity (Wildman–Crippen MR) is 102 cm³/mol. The van der Waals surface area contributed by atoms with E-state index in [1.807, 2.05) is 18.2 Å². The third kappa shape index (κ3) is 5.98. The summed E-state index contributed by atoms with van der Waals surface area (Å²) in [6.07, 6.45) is 3.70. The molecule has 0 radical (unpaired) electrons. The van der Waals surface area contributed by atoms with Gasteiger partial charge in [-0.3, -0.25) is 4.79 Å². The molecule has 1 amide bonds. The van der Waals surface area contributed by atoms with Crippen LogP contribution < -0.4 is 10.6 Å². The molecule has 128 valence electrons. The molecule has 24 heavy (non-hydrogen) atoms. The highest BCUT2D eigenvalue weighted by Crippen LogP contribution is 2.25. The maximum absolute atomic E-state index is 12.2. The van der Waals surface area contributed by atoms with E-state index in [1.165, 1.54) is 23.1 Å². The largest absolute Gasteiger partial charge is 0.357 e. The Labute approximate surface area is 151 Å². The summed E-state index contributed by atoms with van der Waals surface area (Å²) in [5.41, 5.74) is 1.14. The molecule has 1 aromatic carbocycles. The third-order valence-corrected chi connectivity index (χ3v) is 5.26. The van der Waals surface area contributed by atoms with Crippen molar-refractivity contribution in [1.82, 2.24) is 15.5 Å². The van der Waals surface area contributed by atoms with E-state index in [9.17, 15) is 4.79 Å². The van der Waals surface area contributed by atoms with Gasteiger partial charge < -0.3 is 10.6 Å². The van der Waals surface area contributed by atoms with Gasteiger partial charge in [0.05, 0.1) is 11.8 Å². The van der Waals surface area contributed by atoms with Crippen molar-refractivity contribution in [3.05, 3.63) is 48.6 Å². The first kappa shape index (κ1) is 18.5. The van der Waals surface area contributed by atoms with Crippen LogP contribution in [0.4, 0.5) is 5.13 Å². The SMILES string of the molecule is C=CCNc1nnc(SCC(=O)N[C@H](CCC)c2ccccc2)s1. The van der Waals surface area contributed by atoms with Crippen LogP contribution in [0.15, 0.2) is 47.3 Å². The van der Waals surface area contributed by atoms with Crippen molar-refractivity contribution in [2.45, 2.75) is 30.1 Å². The molecular weight excluding hydrogens is 340 g/mol. The van der Waals surface area contributed by atoms with Gasteiger partial charge in [-0.05, 0) is 12.0 Å². The van der Waals surface area contributed by atoms with Crippen LogP contribution >= 0.6 is 23.1 Å². The van der Waals surface area contributed by atoms with E-state index >= 15 is 0 Å². The monoisotopic (exact) mass is 362 g/mol. The second-order valence-electron chi connectivity index (χ2n) is 5.15. The Balaban J connectivity index is 1.84. The van der Waals surface area contributed by atoms with Crippen LogP contribution in [0.1, 0.15) is 31.4 Å². The zero-order valence-electron chi connectivity index (χ0n) is 13.7. The summed E-state index contributed by atoms with van der Waals surface area (Å²) in [6, 6.07) is 10.1. The van der Waals surface area contributed by atoms with E-state index in [2.05, 4.69) is 46.5 Å². The van der Waals surface area contributed by atoms with Gasteiger partial charge in [-0.1, -0.05) is 72.9 Å². The van der Waals surface area contributed by atoms with Gasteiger partial charge in [-0.15, -0.1) is 16.8 Å². The number of hydrogen-bond acceptors (Lipinski definition) is 6. The molecule has 0 fully saturated rings. The molecule has 1 aromatic heterocycles.